The third-order valence-corrected chi connectivity index (χ3v) is 7.54. The predicted octanol–water partition coefficient (Wildman–Crippen LogP) is 5.37. The molecule has 0 aliphatic carbocycles. The Morgan fingerprint density at radius 1 is 0.667 bits per heavy atom. The molecule has 0 unspecified atom stereocenters. The van der Waals surface area contributed by atoms with Crippen LogP contribution in [0.1, 0.15) is 40.1 Å². The van der Waals surface area contributed by atoms with Crippen molar-refractivity contribution in [2.75, 3.05) is 55.9 Å². The van der Waals surface area contributed by atoms with E-state index >= 15 is 0 Å². The lowest BCUT2D eigenvalue weighted by Crippen LogP contribution is -2.50. The summed E-state index contributed by atoms with van der Waals surface area (Å²) in [5.74, 6) is 1.62. The SMILES string of the molecule is COc1nc(C)c(C)nc1NC(=O)N1CCN(c2ccc(C(C)=O)cc2)CC1.COc1nc(C)c(C)nc1NC(=O)Oc1ccccc1. The first-order valence-corrected chi connectivity index (χ1v) is 15.2. The number of methoxy groups -OCH3 is 2. The number of carbonyl (C=O) groups excluding carboxylic acids is 3. The lowest BCUT2D eigenvalue weighted by atomic mass is 10.1. The average molecular weight is 657 g/mol. The van der Waals surface area contributed by atoms with Gasteiger partial charge in [0, 0.05) is 37.4 Å². The molecule has 2 aromatic carbocycles. The van der Waals surface area contributed by atoms with Crippen LogP contribution in [0.4, 0.5) is 26.9 Å². The van der Waals surface area contributed by atoms with Crippen LogP contribution in [0, 0.1) is 27.7 Å². The van der Waals surface area contributed by atoms with Crippen molar-refractivity contribution in [3.8, 4) is 17.5 Å². The van der Waals surface area contributed by atoms with Gasteiger partial charge in [0.1, 0.15) is 5.75 Å². The molecule has 2 aromatic heterocycles. The molecule has 1 fully saturated rings. The number of nitrogens with one attached hydrogen (secondary N) is 2. The number of benzene rings is 2. The molecule has 1 aliphatic heterocycles. The zero-order valence-corrected chi connectivity index (χ0v) is 28.2. The fourth-order valence-electron chi connectivity index (χ4n) is 4.59. The molecule has 3 amide bonds. The highest BCUT2D eigenvalue weighted by atomic mass is 16.6. The number of para-hydroxylation sites is 1. The number of ether oxygens (including phenoxy) is 3. The van der Waals surface area contributed by atoms with E-state index in [-0.39, 0.29) is 23.5 Å². The van der Waals surface area contributed by atoms with Crippen molar-refractivity contribution in [3.05, 3.63) is 82.9 Å². The molecule has 252 valence electrons. The van der Waals surface area contributed by atoms with Crippen molar-refractivity contribution in [2.45, 2.75) is 34.6 Å². The molecule has 5 rings (SSSR count). The molecule has 3 heterocycles. The van der Waals surface area contributed by atoms with Crippen LogP contribution in [-0.4, -0.2) is 83.1 Å². The van der Waals surface area contributed by atoms with E-state index in [0.717, 1.165) is 22.8 Å². The van der Waals surface area contributed by atoms with Crippen molar-refractivity contribution in [1.29, 1.82) is 0 Å². The van der Waals surface area contributed by atoms with Crippen molar-refractivity contribution in [2.24, 2.45) is 0 Å². The largest absolute Gasteiger partial charge is 0.478 e. The van der Waals surface area contributed by atoms with Gasteiger partial charge in [-0.1, -0.05) is 18.2 Å². The van der Waals surface area contributed by atoms with E-state index < -0.39 is 6.09 Å². The van der Waals surface area contributed by atoms with Gasteiger partial charge in [-0.25, -0.2) is 29.5 Å². The number of rotatable bonds is 7. The van der Waals surface area contributed by atoms with E-state index in [1.807, 2.05) is 51.1 Å². The highest BCUT2D eigenvalue weighted by molar-refractivity contribution is 5.94. The summed E-state index contributed by atoms with van der Waals surface area (Å²) in [6, 6.07) is 16.1. The number of aryl methyl sites for hydroxylation is 4. The summed E-state index contributed by atoms with van der Waals surface area (Å²) in [6.45, 7) is 11.5. The Bertz CT molecular complexity index is 1740. The van der Waals surface area contributed by atoms with E-state index in [1.54, 1.807) is 43.0 Å². The maximum Gasteiger partial charge on any atom is 0.418 e. The molecule has 48 heavy (non-hydrogen) atoms. The Labute approximate surface area is 279 Å². The van der Waals surface area contributed by atoms with Gasteiger partial charge in [0.2, 0.25) is 0 Å². The topological polar surface area (TPSA) is 161 Å². The van der Waals surface area contributed by atoms with E-state index in [1.165, 1.54) is 14.2 Å². The summed E-state index contributed by atoms with van der Waals surface area (Å²) < 4.78 is 15.4. The van der Waals surface area contributed by atoms with Crippen molar-refractivity contribution in [3.63, 3.8) is 0 Å². The summed E-state index contributed by atoms with van der Waals surface area (Å²) in [5.41, 5.74) is 4.70. The lowest BCUT2D eigenvalue weighted by Gasteiger charge is -2.36. The first kappa shape index (κ1) is 35.1. The minimum atomic E-state index is -0.646. The van der Waals surface area contributed by atoms with Crippen LogP contribution in [0.15, 0.2) is 54.6 Å². The molecule has 2 N–H and O–H groups in total. The first-order valence-electron chi connectivity index (χ1n) is 15.2. The molecule has 1 aliphatic rings. The van der Waals surface area contributed by atoms with Gasteiger partial charge in [0.05, 0.1) is 37.0 Å². The number of hydrogen-bond acceptors (Lipinski definition) is 11. The molecule has 0 saturated carbocycles. The molecule has 0 bridgehead atoms. The van der Waals surface area contributed by atoms with Crippen LogP contribution in [0.5, 0.6) is 17.5 Å². The zero-order chi connectivity index (χ0) is 34.8. The van der Waals surface area contributed by atoms with E-state index in [4.69, 9.17) is 14.2 Å². The second kappa shape index (κ2) is 16.2. The van der Waals surface area contributed by atoms with Gasteiger partial charge in [-0.15, -0.1) is 0 Å². The Morgan fingerprint density at radius 3 is 1.67 bits per heavy atom. The van der Waals surface area contributed by atoms with E-state index in [9.17, 15) is 14.4 Å². The molecule has 4 aromatic rings. The number of Topliss-reactive ketones (excluding diaryl/α,β-unsaturated/α-hetero) is 1. The fraction of sp³-hybridized carbons (Fsp3) is 0.324. The number of urea groups is 1. The van der Waals surface area contributed by atoms with Crippen LogP contribution in [0.3, 0.4) is 0 Å². The summed E-state index contributed by atoms with van der Waals surface area (Å²) in [7, 11) is 2.97. The van der Waals surface area contributed by atoms with Crippen LogP contribution in [0.25, 0.3) is 0 Å². The number of piperazine rings is 1. The smallest absolute Gasteiger partial charge is 0.418 e. The van der Waals surface area contributed by atoms with Gasteiger partial charge in [-0.05, 0) is 71.0 Å². The normalized spacial score (nSPS) is 12.3. The van der Waals surface area contributed by atoms with Gasteiger partial charge < -0.3 is 24.0 Å². The van der Waals surface area contributed by atoms with Crippen molar-refractivity contribution < 1.29 is 28.6 Å². The Hall–Kier alpha value is -5.79. The summed E-state index contributed by atoms with van der Waals surface area (Å²) in [5, 5.41) is 5.32. The average Bonchev–Trinajstić information content (AvgIpc) is 3.08. The van der Waals surface area contributed by atoms with E-state index in [0.29, 0.717) is 54.9 Å². The predicted molar refractivity (Wildman–Crippen MR) is 181 cm³/mol. The Balaban J connectivity index is 0.000000229. The Morgan fingerprint density at radius 2 is 1.17 bits per heavy atom. The number of carbonyl (C=O) groups is 3. The van der Waals surface area contributed by atoms with Crippen LogP contribution >= 0.6 is 0 Å². The minimum absolute atomic E-state index is 0.0536. The monoisotopic (exact) mass is 656 g/mol. The van der Waals surface area contributed by atoms with Gasteiger partial charge in [-0.3, -0.25) is 15.4 Å². The van der Waals surface area contributed by atoms with Crippen LogP contribution in [-0.2, 0) is 0 Å². The standard InChI is InChI=1S/C20H25N5O3.C14H15N3O3/c1-13-14(2)22-19(28-4)18(21-13)23-20(27)25-11-9-24(10-12-25)17-7-5-16(6-8-17)15(3)26;1-9-10(2)16-13(19-3)12(15-9)17-14(18)20-11-7-5-4-6-8-11/h5-8H,9-12H2,1-4H3,(H,21,23,27);4-8H,1-3H3,(H,15,17,18). The molecular formula is C34H40N8O6. The number of aromatic nitrogens is 4. The van der Waals surface area contributed by atoms with Crippen molar-refractivity contribution in [1.82, 2.24) is 24.8 Å². The second-order valence-electron chi connectivity index (χ2n) is 10.8. The van der Waals surface area contributed by atoms with Gasteiger partial charge in [0.15, 0.2) is 17.4 Å². The fourth-order valence-corrected chi connectivity index (χ4v) is 4.59. The van der Waals surface area contributed by atoms with Crippen LogP contribution < -0.4 is 29.7 Å². The third-order valence-electron chi connectivity index (χ3n) is 7.54. The summed E-state index contributed by atoms with van der Waals surface area (Å²) in [4.78, 5) is 56.9. The number of ketones is 1. The Kier molecular flexibility index (Phi) is 11.8. The second-order valence-corrected chi connectivity index (χ2v) is 10.8. The number of nitrogens with zero attached hydrogens (tertiary/aromatic N) is 6. The highest BCUT2D eigenvalue weighted by Gasteiger charge is 2.23. The van der Waals surface area contributed by atoms with Gasteiger partial charge in [-0.2, -0.15) is 0 Å². The highest BCUT2D eigenvalue weighted by Crippen LogP contribution is 2.23. The molecule has 14 nitrogen and oxygen atoms in total. The van der Waals surface area contributed by atoms with Gasteiger partial charge >= 0.3 is 12.1 Å². The number of anilines is 3. The number of hydrogen-bond donors (Lipinski definition) is 2. The van der Waals surface area contributed by atoms with Gasteiger partial charge in [0.25, 0.3) is 11.8 Å². The summed E-state index contributed by atoms with van der Waals surface area (Å²) >= 11 is 0. The minimum Gasteiger partial charge on any atom is -0.478 e. The van der Waals surface area contributed by atoms with E-state index in [2.05, 4.69) is 35.5 Å². The van der Waals surface area contributed by atoms with Crippen molar-refractivity contribution >= 4 is 35.2 Å². The maximum absolute atomic E-state index is 12.6. The lowest BCUT2D eigenvalue weighted by molar-refractivity contribution is 0.101. The quantitative estimate of drug-likeness (QED) is 0.246. The molecule has 0 spiro atoms. The maximum atomic E-state index is 12.6. The molecular weight excluding hydrogens is 616 g/mol. The molecule has 0 radical (unpaired) electrons. The molecule has 1 saturated heterocycles. The van der Waals surface area contributed by atoms with Crippen LogP contribution in [0.2, 0.25) is 0 Å². The molecule has 0 atom stereocenters. The number of amides is 3. The summed E-state index contributed by atoms with van der Waals surface area (Å²) in [6.07, 6.45) is -0.646. The first-order chi connectivity index (χ1) is 23.0. The molecule has 14 heteroatoms. The third kappa shape index (κ3) is 9.15. The zero-order valence-electron chi connectivity index (χ0n) is 28.2.